The Bertz CT molecular complexity index is 1080. The van der Waals surface area contributed by atoms with Gasteiger partial charge in [-0.05, 0) is 31.5 Å². The summed E-state index contributed by atoms with van der Waals surface area (Å²) in [7, 11) is 0. The molecule has 1 aromatic carbocycles. The van der Waals surface area contributed by atoms with Gasteiger partial charge in [-0.25, -0.2) is 15.0 Å². The first kappa shape index (κ1) is 17.1. The molecule has 0 radical (unpaired) electrons. The summed E-state index contributed by atoms with van der Waals surface area (Å²) in [6.07, 6.45) is 6.68. The smallest absolute Gasteiger partial charge is 0.259 e. The van der Waals surface area contributed by atoms with E-state index in [0.29, 0.717) is 16.5 Å². The second kappa shape index (κ2) is 7.13. The Kier molecular flexibility index (Phi) is 4.52. The number of aromatic nitrogens is 4. The van der Waals surface area contributed by atoms with Crippen molar-refractivity contribution in [2.24, 2.45) is 0 Å². The minimum absolute atomic E-state index is 0.235. The Hall–Kier alpha value is -3.32. The van der Waals surface area contributed by atoms with E-state index >= 15 is 0 Å². The van der Waals surface area contributed by atoms with Gasteiger partial charge in [0.05, 0.1) is 11.3 Å². The molecule has 0 aliphatic heterocycles. The summed E-state index contributed by atoms with van der Waals surface area (Å²) in [5.41, 5.74) is 4.79. The Balaban J connectivity index is 1.49. The van der Waals surface area contributed by atoms with Crippen LogP contribution >= 0.6 is 11.3 Å². The summed E-state index contributed by atoms with van der Waals surface area (Å²) >= 11 is 1.41. The molecule has 6 nitrogen and oxygen atoms in total. The quantitative estimate of drug-likeness (QED) is 0.578. The van der Waals surface area contributed by atoms with Crippen LogP contribution in [0.4, 0.5) is 5.13 Å². The van der Waals surface area contributed by atoms with Crippen LogP contribution in [0.1, 0.15) is 21.5 Å². The van der Waals surface area contributed by atoms with Crippen LogP contribution in [-0.2, 0) is 0 Å². The van der Waals surface area contributed by atoms with E-state index in [1.807, 2.05) is 5.38 Å². The fraction of sp³-hybridized carbons (Fsp3) is 0.100. The molecule has 0 aliphatic rings. The van der Waals surface area contributed by atoms with Crippen LogP contribution in [0.5, 0.6) is 0 Å². The third-order valence-corrected chi connectivity index (χ3v) is 4.92. The molecular weight excluding hydrogens is 358 g/mol. The number of pyridine rings is 1. The van der Waals surface area contributed by atoms with E-state index in [0.717, 1.165) is 16.8 Å². The maximum atomic E-state index is 12.5. The van der Waals surface area contributed by atoms with Crippen molar-refractivity contribution in [1.82, 2.24) is 19.5 Å². The second-order valence-corrected chi connectivity index (χ2v) is 7.04. The summed E-state index contributed by atoms with van der Waals surface area (Å²) in [5.74, 6) is 0.469. The SMILES string of the molecule is Cc1ccc(-c2csc(NC(=O)c3ccc(-n4ccnc4)nc3)n2)c(C)c1. The summed E-state index contributed by atoms with van der Waals surface area (Å²) < 4.78 is 1.78. The molecule has 27 heavy (non-hydrogen) atoms. The minimum Gasteiger partial charge on any atom is -0.298 e. The number of carbonyl (C=O) groups excluding carboxylic acids is 1. The first-order valence-electron chi connectivity index (χ1n) is 8.39. The predicted octanol–water partition coefficient (Wildman–Crippen LogP) is 4.26. The number of benzene rings is 1. The number of carbonyl (C=O) groups is 1. The zero-order valence-corrected chi connectivity index (χ0v) is 15.7. The molecule has 4 aromatic rings. The van der Waals surface area contributed by atoms with E-state index < -0.39 is 0 Å². The fourth-order valence-electron chi connectivity index (χ4n) is 2.79. The van der Waals surface area contributed by atoms with Crippen LogP contribution in [-0.4, -0.2) is 25.4 Å². The molecule has 0 saturated heterocycles. The van der Waals surface area contributed by atoms with Gasteiger partial charge < -0.3 is 0 Å². The molecular formula is C20H17N5OS. The molecule has 3 heterocycles. The van der Waals surface area contributed by atoms with Gasteiger partial charge in [-0.1, -0.05) is 23.8 Å². The number of rotatable bonds is 4. The molecule has 0 aliphatic carbocycles. The van der Waals surface area contributed by atoms with E-state index in [4.69, 9.17) is 0 Å². The molecule has 1 amide bonds. The number of hydrogen-bond donors (Lipinski definition) is 1. The van der Waals surface area contributed by atoms with Crippen LogP contribution < -0.4 is 5.32 Å². The topological polar surface area (TPSA) is 72.7 Å². The normalized spacial score (nSPS) is 10.7. The third-order valence-electron chi connectivity index (χ3n) is 4.16. The van der Waals surface area contributed by atoms with Crippen molar-refractivity contribution in [3.05, 3.63) is 77.3 Å². The van der Waals surface area contributed by atoms with Gasteiger partial charge in [0, 0.05) is 29.5 Å². The number of thiazole rings is 1. The molecule has 4 rings (SSSR count). The Morgan fingerprint density at radius 3 is 2.78 bits per heavy atom. The number of amides is 1. The first-order valence-corrected chi connectivity index (χ1v) is 9.27. The van der Waals surface area contributed by atoms with Gasteiger partial charge in [0.25, 0.3) is 5.91 Å². The highest BCUT2D eigenvalue weighted by Crippen LogP contribution is 2.28. The molecule has 0 fully saturated rings. The number of nitrogens with zero attached hydrogens (tertiary/aromatic N) is 4. The summed E-state index contributed by atoms with van der Waals surface area (Å²) in [5, 5.41) is 5.36. The van der Waals surface area contributed by atoms with Gasteiger partial charge in [-0.3, -0.25) is 14.7 Å². The lowest BCUT2D eigenvalue weighted by atomic mass is 10.0. The fourth-order valence-corrected chi connectivity index (χ4v) is 3.50. The van der Waals surface area contributed by atoms with E-state index in [1.54, 1.807) is 41.6 Å². The van der Waals surface area contributed by atoms with Crippen molar-refractivity contribution >= 4 is 22.4 Å². The highest BCUT2D eigenvalue weighted by atomic mass is 32.1. The average Bonchev–Trinajstić information content (AvgIpc) is 3.34. The van der Waals surface area contributed by atoms with Crippen LogP contribution in [0.3, 0.4) is 0 Å². The lowest BCUT2D eigenvalue weighted by molar-refractivity contribution is 0.102. The van der Waals surface area contributed by atoms with Gasteiger partial charge in [0.1, 0.15) is 12.1 Å². The Morgan fingerprint density at radius 1 is 1.19 bits per heavy atom. The lowest BCUT2D eigenvalue weighted by Gasteiger charge is -2.05. The molecule has 3 aromatic heterocycles. The van der Waals surface area contributed by atoms with Gasteiger partial charge in [-0.15, -0.1) is 11.3 Å². The zero-order valence-electron chi connectivity index (χ0n) is 14.9. The number of aryl methyl sites for hydroxylation is 2. The van der Waals surface area contributed by atoms with Gasteiger partial charge in [0.2, 0.25) is 0 Å². The molecule has 0 spiro atoms. The molecule has 134 valence electrons. The summed E-state index contributed by atoms with van der Waals surface area (Å²) in [4.78, 5) is 25.3. The predicted molar refractivity (Wildman–Crippen MR) is 106 cm³/mol. The third kappa shape index (κ3) is 3.63. The van der Waals surface area contributed by atoms with E-state index in [-0.39, 0.29) is 5.91 Å². The van der Waals surface area contributed by atoms with Crippen molar-refractivity contribution < 1.29 is 4.79 Å². The van der Waals surface area contributed by atoms with Crippen molar-refractivity contribution in [3.8, 4) is 17.1 Å². The van der Waals surface area contributed by atoms with Crippen molar-refractivity contribution in [2.45, 2.75) is 13.8 Å². The second-order valence-electron chi connectivity index (χ2n) is 6.19. The monoisotopic (exact) mass is 375 g/mol. The maximum absolute atomic E-state index is 12.5. The first-order chi connectivity index (χ1) is 13.1. The largest absolute Gasteiger partial charge is 0.298 e. The van der Waals surface area contributed by atoms with E-state index in [1.165, 1.54) is 16.9 Å². The Labute approximate surface area is 160 Å². The van der Waals surface area contributed by atoms with Crippen LogP contribution in [0.25, 0.3) is 17.1 Å². The average molecular weight is 375 g/mol. The van der Waals surface area contributed by atoms with Crippen molar-refractivity contribution in [1.29, 1.82) is 0 Å². The summed E-state index contributed by atoms with van der Waals surface area (Å²) in [6, 6.07) is 9.76. The zero-order chi connectivity index (χ0) is 18.8. The highest BCUT2D eigenvalue weighted by Gasteiger charge is 2.12. The number of nitrogens with one attached hydrogen (secondary N) is 1. The molecule has 0 saturated carbocycles. The molecule has 0 atom stereocenters. The summed E-state index contributed by atoms with van der Waals surface area (Å²) in [6.45, 7) is 4.13. The molecule has 0 bridgehead atoms. The van der Waals surface area contributed by atoms with Gasteiger partial charge in [0.15, 0.2) is 5.13 Å². The maximum Gasteiger partial charge on any atom is 0.259 e. The molecule has 1 N–H and O–H groups in total. The number of imidazole rings is 1. The van der Waals surface area contributed by atoms with E-state index in [2.05, 4.69) is 52.3 Å². The van der Waals surface area contributed by atoms with Crippen LogP contribution in [0, 0.1) is 13.8 Å². The van der Waals surface area contributed by atoms with Gasteiger partial charge in [-0.2, -0.15) is 0 Å². The minimum atomic E-state index is -0.235. The van der Waals surface area contributed by atoms with Crippen molar-refractivity contribution in [3.63, 3.8) is 0 Å². The number of anilines is 1. The molecule has 7 heteroatoms. The van der Waals surface area contributed by atoms with Gasteiger partial charge >= 0.3 is 0 Å². The van der Waals surface area contributed by atoms with Crippen molar-refractivity contribution in [2.75, 3.05) is 5.32 Å². The molecule has 0 unspecified atom stereocenters. The highest BCUT2D eigenvalue weighted by molar-refractivity contribution is 7.14. The Morgan fingerprint density at radius 2 is 2.07 bits per heavy atom. The van der Waals surface area contributed by atoms with Crippen LogP contribution in [0.15, 0.2) is 60.6 Å². The lowest BCUT2D eigenvalue weighted by Crippen LogP contribution is -2.12. The number of hydrogen-bond acceptors (Lipinski definition) is 5. The van der Waals surface area contributed by atoms with E-state index in [9.17, 15) is 4.79 Å². The van der Waals surface area contributed by atoms with Crippen LogP contribution in [0.2, 0.25) is 0 Å². The standard InChI is InChI=1S/C20H17N5OS/c1-13-3-5-16(14(2)9-13)17-11-27-20(23-17)24-19(26)15-4-6-18(22-10-15)25-8-7-21-12-25/h3-12H,1-2H3,(H,23,24,26).